The number of benzene rings is 1. The average Bonchev–Trinajstić information content (AvgIpc) is 3.17. The number of amides is 1. The number of para-hydroxylation sites is 2. The third-order valence-corrected chi connectivity index (χ3v) is 5.82. The quantitative estimate of drug-likeness (QED) is 0.664. The molecule has 0 aliphatic heterocycles. The molecule has 1 aromatic carbocycles. The fraction of sp³-hybridized carbons (Fsp3) is 0.381. The molecule has 28 heavy (non-hydrogen) atoms. The zero-order chi connectivity index (χ0) is 19.9. The summed E-state index contributed by atoms with van der Waals surface area (Å²) < 4.78 is 10.6. The molecule has 6 nitrogen and oxygen atoms in total. The van der Waals surface area contributed by atoms with Gasteiger partial charge in [-0.15, -0.1) is 11.3 Å². The van der Waals surface area contributed by atoms with Gasteiger partial charge < -0.3 is 14.4 Å². The summed E-state index contributed by atoms with van der Waals surface area (Å²) in [5.74, 6) is -0.336. The summed E-state index contributed by atoms with van der Waals surface area (Å²) in [6, 6.07) is 9.11. The Balaban J connectivity index is 1.71. The predicted octanol–water partition coefficient (Wildman–Crippen LogP) is 3.74. The van der Waals surface area contributed by atoms with Gasteiger partial charge in [-0.1, -0.05) is 12.1 Å². The van der Waals surface area contributed by atoms with Gasteiger partial charge in [-0.2, -0.15) is 5.26 Å². The van der Waals surface area contributed by atoms with Crippen LogP contribution in [0.25, 0.3) is 0 Å². The molecule has 0 spiro atoms. The van der Waals surface area contributed by atoms with Crippen molar-refractivity contribution in [3.8, 4) is 11.8 Å². The number of carbonyl (C=O) groups excluding carboxylic acids is 2. The van der Waals surface area contributed by atoms with Crippen LogP contribution in [-0.4, -0.2) is 32.1 Å². The second-order valence-electron chi connectivity index (χ2n) is 6.46. The molecular formula is C21H22N2O4S. The lowest BCUT2D eigenvalue weighted by Gasteiger charge is -2.23. The van der Waals surface area contributed by atoms with Crippen LogP contribution in [0.1, 0.15) is 40.1 Å². The molecule has 0 saturated heterocycles. The highest BCUT2D eigenvalue weighted by Gasteiger charge is 2.24. The third kappa shape index (κ3) is 4.34. The first-order valence-corrected chi connectivity index (χ1v) is 10.1. The van der Waals surface area contributed by atoms with E-state index in [1.54, 1.807) is 35.6 Å². The molecular weight excluding hydrogens is 376 g/mol. The molecule has 1 aliphatic carbocycles. The summed E-state index contributed by atoms with van der Waals surface area (Å²) in [5, 5.41) is 10.8. The van der Waals surface area contributed by atoms with E-state index in [-0.39, 0.29) is 19.6 Å². The first-order valence-electron chi connectivity index (χ1n) is 9.22. The van der Waals surface area contributed by atoms with Gasteiger partial charge in [-0.05, 0) is 43.4 Å². The van der Waals surface area contributed by atoms with Crippen LogP contribution in [0, 0.1) is 11.3 Å². The van der Waals surface area contributed by atoms with E-state index in [0.29, 0.717) is 17.0 Å². The van der Waals surface area contributed by atoms with Crippen LogP contribution in [0.2, 0.25) is 0 Å². The number of anilines is 1. The number of aryl methyl sites for hydroxylation is 1. The van der Waals surface area contributed by atoms with Gasteiger partial charge >= 0.3 is 5.97 Å². The van der Waals surface area contributed by atoms with E-state index in [4.69, 9.17) is 14.7 Å². The Morgan fingerprint density at radius 1 is 1.25 bits per heavy atom. The second kappa shape index (κ2) is 9.38. The number of hydrogen-bond donors (Lipinski definition) is 0. The van der Waals surface area contributed by atoms with E-state index in [1.165, 1.54) is 16.9 Å². The van der Waals surface area contributed by atoms with E-state index in [1.807, 2.05) is 11.4 Å². The molecule has 2 aromatic rings. The lowest BCUT2D eigenvalue weighted by molar-refractivity contribution is -0.121. The predicted molar refractivity (Wildman–Crippen MR) is 107 cm³/mol. The Kier molecular flexibility index (Phi) is 6.66. The Bertz CT molecular complexity index is 900. The van der Waals surface area contributed by atoms with Gasteiger partial charge in [-0.25, -0.2) is 4.79 Å². The smallest absolute Gasteiger partial charge is 0.339 e. The summed E-state index contributed by atoms with van der Waals surface area (Å²) in [5.41, 5.74) is 2.20. The third-order valence-electron chi connectivity index (χ3n) is 4.73. The number of hydrogen-bond acceptors (Lipinski definition) is 6. The first kappa shape index (κ1) is 19.9. The molecule has 0 N–H and O–H groups in total. The topological polar surface area (TPSA) is 79.6 Å². The van der Waals surface area contributed by atoms with E-state index < -0.39 is 11.9 Å². The number of esters is 1. The Morgan fingerprint density at radius 3 is 2.82 bits per heavy atom. The number of carbonyl (C=O) groups is 2. The van der Waals surface area contributed by atoms with Crippen molar-refractivity contribution in [1.82, 2.24) is 0 Å². The van der Waals surface area contributed by atoms with Crippen molar-refractivity contribution in [3.05, 3.63) is 45.6 Å². The monoisotopic (exact) mass is 398 g/mol. The maximum absolute atomic E-state index is 12.8. The summed E-state index contributed by atoms with van der Waals surface area (Å²) in [6.45, 7) is -0.186. The van der Waals surface area contributed by atoms with Crippen LogP contribution in [-0.2, 0) is 22.4 Å². The molecule has 0 unspecified atom stereocenters. The number of ether oxygens (including phenoxy) is 2. The molecule has 1 aliphatic rings. The van der Waals surface area contributed by atoms with Crippen molar-refractivity contribution in [1.29, 1.82) is 5.26 Å². The molecule has 7 heteroatoms. The van der Waals surface area contributed by atoms with Crippen molar-refractivity contribution in [2.24, 2.45) is 0 Å². The van der Waals surface area contributed by atoms with E-state index in [0.717, 1.165) is 31.2 Å². The first-order chi connectivity index (χ1) is 13.7. The Morgan fingerprint density at radius 2 is 2.04 bits per heavy atom. The average molecular weight is 398 g/mol. The van der Waals surface area contributed by atoms with Gasteiger partial charge in [0.05, 0.1) is 30.9 Å². The van der Waals surface area contributed by atoms with Crippen LogP contribution >= 0.6 is 11.3 Å². The maximum Gasteiger partial charge on any atom is 0.339 e. The SMILES string of the molecule is COc1ccccc1N(CCC#N)C(=O)COC(=O)c1csc2c1CCCC2. The number of nitrogens with zero attached hydrogens (tertiary/aromatic N) is 2. The van der Waals surface area contributed by atoms with Crippen molar-refractivity contribution in [2.75, 3.05) is 25.2 Å². The Hall–Kier alpha value is -2.85. The molecule has 3 rings (SSSR count). The maximum atomic E-state index is 12.8. The van der Waals surface area contributed by atoms with E-state index >= 15 is 0 Å². The zero-order valence-electron chi connectivity index (χ0n) is 15.8. The largest absolute Gasteiger partial charge is 0.495 e. The van der Waals surface area contributed by atoms with Gasteiger partial charge in [0.15, 0.2) is 6.61 Å². The molecule has 0 fully saturated rings. The molecule has 0 radical (unpaired) electrons. The van der Waals surface area contributed by atoms with Gasteiger partial charge in [0, 0.05) is 16.8 Å². The minimum Gasteiger partial charge on any atom is -0.495 e. The molecule has 0 saturated carbocycles. The van der Waals surface area contributed by atoms with Gasteiger partial charge in [0.2, 0.25) is 0 Å². The highest BCUT2D eigenvalue weighted by Crippen LogP contribution is 2.31. The second-order valence-corrected chi connectivity index (χ2v) is 7.42. The summed E-state index contributed by atoms with van der Waals surface area (Å²) in [4.78, 5) is 28.0. The number of fused-ring (bicyclic) bond motifs is 1. The normalized spacial score (nSPS) is 12.6. The van der Waals surface area contributed by atoms with Crippen molar-refractivity contribution in [2.45, 2.75) is 32.1 Å². The fourth-order valence-corrected chi connectivity index (χ4v) is 4.46. The fourth-order valence-electron chi connectivity index (χ4n) is 3.34. The number of thiophene rings is 1. The highest BCUT2D eigenvalue weighted by atomic mass is 32.1. The summed E-state index contributed by atoms with van der Waals surface area (Å²) in [6.07, 6.45) is 4.26. The van der Waals surface area contributed by atoms with Gasteiger partial charge in [0.1, 0.15) is 5.75 Å². The standard InChI is InChI=1S/C21H22N2O4S/c1-26-18-9-4-3-8-17(18)23(12-6-11-22)20(24)13-27-21(25)16-14-28-19-10-5-2-7-15(16)19/h3-4,8-9,14H,2,5-7,10,12-13H2,1H3. The van der Waals surface area contributed by atoms with Gasteiger partial charge in [-0.3, -0.25) is 4.79 Å². The molecule has 1 heterocycles. The summed E-state index contributed by atoms with van der Waals surface area (Å²) in [7, 11) is 1.52. The minimum atomic E-state index is -0.465. The minimum absolute atomic E-state index is 0.162. The lowest BCUT2D eigenvalue weighted by Crippen LogP contribution is -2.35. The van der Waals surface area contributed by atoms with Crippen LogP contribution in [0.15, 0.2) is 29.6 Å². The molecule has 1 aromatic heterocycles. The highest BCUT2D eigenvalue weighted by molar-refractivity contribution is 7.10. The summed E-state index contributed by atoms with van der Waals surface area (Å²) >= 11 is 1.59. The lowest BCUT2D eigenvalue weighted by atomic mass is 9.96. The van der Waals surface area contributed by atoms with Crippen molar-refractivity contribution >= 4 is 28.9 Å². The van der Waals surface area contributed by atoms with E-state index in [2.05, 4.69) is 0 Å². The number of nitriles is 1. The molecule has 0 bridgehead atoms. The van der Waals surface area contributed by atoms with Crippen LogP contribution in [0.3, 0.4) is 0 Å². The zero-order valence-corrected chi connectivity index (χ0v) is 16.6. The van der Waals surface area contributed by atoms with Gasteiger partial charge in [0.25, 0.3) is 5.91 Å². The van der Waals surface area contributed by atoms with Crippen LogP contribution in [0.4, 0.5) is 5.69 Å². The molecule has 0 atom stereocenters. The number of rotatable bonds is 7. The van der Waals surface area contributed by atoms with E-state index in [9.17, 15) is 9.59 Å². The number of methoxy groups -OCH3 is 1. The van der Waals surface area contributed by atoms with Crippen LogP contribution in [0.5, 0.6) is 5.75 Å². The molecule has 1 amide bonds. The van der Waals surface area contributed by atoms with Crippen molar-refractivity contribution in [3.63, 3.8) is 0 Å². The van der Waals surface area contributed by atoms with Crippen LogP contribution < -0.4 is 9.64 Å². The van der Waals surface area contributed by atoms with Crippen molar-refractivity contribution < 1.29 is 19.1 Å². The molecule has 146 valence electrons. The Labute approximate surface area is 168 Å².